The number of nitrogens with one attached hydrogen (secondary N) is 2. The molecule has 0 aliphatic heterocycles. The van der Waals surface area contributed by atoms with Gasteiger partial charge in [0, 0.05) is 24.7 Å². The molecule has 0 bridgehead atoms. The summed E-state index contributed by atoms with van der Waals surface area (Å²) in [5.41, 5.74) is 1.43. The van der Waals surface area contributed by atoms with E-state index < -0.39 is 17.5 Å². The van der Waals surface area contributed by atoms with E-state index in [1.54, 1.807) is 38.6 Å². The molecular weight excluding hydrogens is 436 g/mol. The maximum Gasteiger partial charge on any atom is 0.264 e. The van der Waals surface area contributed by atoms with Crippen LogP contribution >= 0.6 is 0 Å². The van der Waals surface area contributed by atoms with Crippen molar-refractivity contribution in [2.24, 2.45) is 0 Å². The number of aromatic amines is 1. The first-order valence-electron chi connectivity index (χ1n) is 10.4. The predicted octanol–water partition coefficient (Wildman–Crippen LogP) is 2.35. The summed E-state index contributed by atoms with van der Waals surface area (Å²) >= 11 is 0. The van der Waals surface area contributed by atoms with Crippen molar-refractivity contribution in [2.75, 3.05) is 14.2 Å². The fourth-order valence-corrected chi connectivity index (χ4v) is 3.33. The summed E-state index contributed by atoms with van der Waals surface area (Å²) in [6, 6.07) is 13.9. The maximum absolute atomic E-state index is 13.1. The highest BCUT2D eigenvalue weighted by Crippen LogP contribution is 2.22. The number of hydrogen-bond donors (Lipinski definition) is 2. The molecule has 3 aromatic heterocycles. The third-order valence-corrected chi connectivity index (χ3v) is 5.13. The van der Waals surface area contributed by atoms with Crippen molar-refractivity contribution in [1.29, 1.82) is 0 Å². The van der Waals surface area contributed by atoms with Crippen molar-refractivity contribution < 1.29 is 14.3 Å². The van der Waals surface area contributed by atoms with Crippen LogP contribution < -0.4 is 20.3 Å². The van der Waals surface area contributed by atoms with Crippen LogP contribution in [0.2, 0.25) is 0 Å². The molecule has 0 unspecified atom stereocenters. The molecule has 0 saturated heterocycles. The zero-order valence-corrected chi connectivity index (χ0v) is 18.6. The Bertz CT molecular complexity index is 1310. The second kappa shape index (κ2) is 10.3. The van der Waals surface area contributed by atoms with Gasteiger partial charge in [0.05, 0.1) is 20.3 Å². The highest BCUT2D eigenvalue weighted by molar-refractivity contribution is 5.93. The van der Waals surface area contributed by atoms with Crippen LogP contribution in [0.4, 0.5) is 0 Å². The molecule has 4 rings (SSSR count). The molecule has 10 heteroatoms. The minimum absolute atomic E-state index is 0.112. The summed E-state index contributed by atoms with van der Waals surface area (Å²) in [4.78, 5) is 36.7. The van der Waals surface area contributed by atoms with E-state index >= 15 is 0 Å². The number of benzene rings is 1. The lowest BCUT2D eigenvalue weighted by atomic mass is 9.99. The number of pyridine rings is 1. The van der Waals surface area contributed by atoms with Gasteiger partial charge in [0.25, 0.3) is 11.5 Å². The second-order valence-corrected chi connectivity index (χ2v) is 7.30. The van der Waals surface area contributed by atoms with E-state index in [2.05, 4.69) is 30.5 Å². The van der Waals surface area contributed by atoms with E-state index in [1.165, 1.54) is 12.4 Å². The minimum Gasteiger partial charge on any atom is -0.497 e. The monoisotopic (exact) mass is 458 g/mol. The van der Waals surface area contributed by atoms with Gasteiger partial charge in [-0.1, -0.05) is 18.2 Å². The van der Waals surface area contributed by atoms with Gasteiger partial charge in [-0.2, -0.15) is 5.10 Å². The first-order valence-corrected chi connectivity index (χ1v) is 10.4. The molecule has 2 N–H and O–H groups in total. The van der Waals surface area contributed by atoms with Crippen molar-refractivity contribution in [3.8, 4) is 23.1 Å². The van der Waals surface area contributed by atoms with Gasteiger partial charge in [0.2, 0.25) is 5.88 Å². The Kier molecular flexibility index (Phi) is 6.87. The number of nitrogens with zero attached hydrogens (tertiary/aromatic N) is 4. The van der Waals surface area contributed by atoms with Crippen LogP contribution in [-0.2, 0) is 6.42 Å². The average molecular weight is 458 g/mol. The maximum atomic E-state index is 13.1. The Morgan fingerprint density at radius 2 is 1.85 bits per heavy atom. The number of carbonyl (C=O) groups is 1. The third-order valence-electron chi connectivity index (χ3n) is 5.13. The third kappa shape index (κ3) is 5.23. The quantitative estimate of drug-likeness (QED) is 0.411. The van der Waals surface area contributed by atoms with Crippen molar-refractivity contribution in [1.82, 2.24) is 30.5 Å². The first-order chi connectivity index (χ1) is 16.6. The molecule has 10 nitrogen and oxygen atoms in total. The fourth-order valence-electron chi connectivity index (χ4n) is 3.33. The van der Waals surface area contributed by atoms with Gasteiger partial charge in [0.15, 0.2) is 5.82 Å². The number of rotatable bonds is 8. The van der Waals surface area contributed by atoms with Crippen LogP contribution in [0.1, 0.15) is 27.5 Å². The summed E-state index contributed by atoms with van der Waals surface area (Å²) in [5, 5.41) is 10.6. The van der Waals surface area contributed by atoms with E-state index in [0.29, 0.717) is 23.7 Å². The van der Waals surface area contributed by atoms with Gasteiger partial charge in [0.1, 0.15) is 17.0 Å². The summed E-state index contributed by atoms with van der Waals surface area (Å²) < 4.78 is 10.3. The van der Waals surface area contributed by atoms with Crippen LogP contribution in [0.3, 0.4) is 0 Å². The molecule has 0 radical (unpaired) electrons. The van der Waals surface area contributed by atoms with Crippen LogP contribution in [-0.4, -0.2) is 45.3 Å². The number of methoxy groups -OCH3 is 2. The molecule has 0 aliphatic rings. The zero-order valence-electron chi connectivity index (χ0n) is 18.6. The van der Waals surface area contributed by atoms with Gasteiger partial charge in [-0.3, -0.25) is 9.59 Å². The standard InChI is InChI=1S/C24H22N6O4/c1-33-17-8-6-16(7-9-17)20(12-15-5-10-21(34-2)25-13-15)28-23(31)18-14-26-22(29-24(18)32)19-4-3-11-27-30-19/h3-11,13-14,20H,12H2,1-2H3,(H,28,31)(H,26,29,32)/t20-/m1/s1. The van der Waals surface area contributed by atoms with Crippen molar-refractivity contribution in [3.05, 3.63) is 94.2 Å². The Morgan fingerprint density at radius 1 is 1.03 bits per heavy atom. The van der Waals surface area contributed by atoms with Gasteiger partial charge < -0.3 is 19.8 Å². The Morgan fingerprint density at radius 3 is 2.47 bits per heavy atom. The molecule has 0 aliphatic carbocycles. The summed E-state index contributed by atoms with van der Waals surface area (Å²) in [6.07, 6.45) is 4.88. The van der Waals surface area contributed by atoms with Crippen LogP contribution in [0, 0.1) is 0 Å². The molecule has 1 amide bonds. The lowest BCUT2D eigenvalue weighted by molar-refractivity contribution is 0.0934. The largest absolute Gasteiger partial charge is 0.497 e. The minimum atomic E-state index is -0.576. The summed E-state index contributed by atoms with van der Waals surface area (Å²) in [7, 11) is 3.13. The van der Waals surface area contributed by atoms with E-state index in [0.717, 1.165) is 11.1 Å². The van der Waals surface area contributed by atoms with E-state index in [9.17, 15) is 9.59 Å². The molecule has 3 heterocycles. The van der Waals surface area contributed by atoms with Crippen LogP contribution in [0.25, 0.3) is 11.5 Å². The normalized spacial score (nSPS) is 11.5. The molecular formula is C24H22N6O4. The summed E-state index contributed by atoms with van der Waals surface area (Å²) in [6.45, 7) is 0. The summed E-state index contributed by atoms with van der Waals surface area (Å²) in [5.74, 6) is 0.863. The average Bonchev–Trinajstić information content (AvgIpc) is 2.89. The highest BCUT2D eigenvalue weighted by atomic mass is 16.5. The number of amides is 1. The number of ether oxygens (including phenoxy) is 2. The number of carbonyl (C=O) groups excluding carboxylic acids is 1. The SMILES string of the molecule is COc1ccc([C@@H](Cc2ccc(OC)nc2)NC(=O)c2cnc(-c3cccnn3)[nH]c2=O)cc1. The number of hydrogen-bond acceptors (Lipinski definition) is 8. The first kappa shape index (κ1) is 22.6. The molecule has 34 heavy (non-hydrogen) atoms. The van der Waals surface area contributed by atoms with Gasteiger partial charge in [-0.15, -0.1) is 5.10 Å². The Balaban J connectivity index is 1.59. The zero-order chi connectivity index (χ0) is 23.9. The molecule has 0 fully saturated rings. The topological polar surface area (TPSA) is 132 Å². The Labute approximate surface area is 195 Å². The molecule has 0 spiro atoms. The van der Waals surface area contributed by atoms with Crippen molar-refractivity contribution in [2.45, 2.75) is 12.5 Å². The molecule has 172 valence electrons. The van der Waals surface area contributed by atoms with Crippen molar-refractivity contribution in [3.63, 3.8) is 0 Å². The lowest BCUT2D eigenvalue weighted by Gasteiger charge is -2.20. The molecule has 1 atom stereocenters. The van der Waals surface area contributed by atoms with E-state index in [-0.39, 0.29) is 11.4 Å². The lowest BCUT2D eigenvalue weighted by Crippen LogP contribution is -2.34. The predicted molar refractivity (Wildman–Crippen MR) is 124 cm³/mol. The van der Waals surface area contributed by atoms with Crippen molar-refractivity contribution >= 4 is 5.91 Å². The van der Waals surface area contributed by atoms with E-state index in [4.69, 9.17) is 9.47 Å². The fraction of sp³-hybridized carbons (Fsp3) is 0.167. The number of H-pyrrole nitrogens is 1. The van der Waals surface area contributed by atoms with Gasteiger partial charge >= 0.3 is 0 Å². The molecule has 0 saturated carbocycles. The Hall–Kier alpha value is -4.60. The van der Waals surface area contributed by atoms with Gasteiger partial charge in [-0.05, 0) is 41.8 Å². The molecule has 1 aromatic carbocycles. The van der Waals surface area contributed by atoms with Crippen LogP contribution in [0.15, 0.2) is 71.9 Å². The number of aromatic nitrogens is 5. The van der Waals surface area contributed by atoms with E-state index in [1.807, 2.05) is 30.3 Å². The smallest absolute Gasteiger partial charge is 0.264 e. The van der Waals surface area contributed by atoms with Crippen LogP contribution in [0.5, 0.6) is 11.6 Å². The molecule has 4 aromatic rings. The second-order valence-electron chi connectivity index (χ2n) is 7.30. The van der Waals surface area contributed by atoms with Gasteiger partial charge in [-0.25, -0.2) is 9.97 Å². The highest BCUT2D eigenvalue weighted by Gasteiger charge is 2.20.